The molecule has 0 atom stereocenters. The van der Waals surface area contributed by atoms with Gasteiger partial charge in [-0.25, -0.2) is 9.48 Å². The number of rotatable bonds is 5. The summed E-state index contributed by atoms with van der Waals surface area (Å²) in [6, 6.07) is 19.3. The molecule has 6 heteroatoms. The molecule has 1 aromatic heterocycles. The van der Waals surface area contributed by atoms with E-state index >= 15 is 0 Å². The van der Waals surface area contributed by atoms with Crippen LogP contribution < -0.4 is 5.69 Å². The van der Waals surface area contributed by atoms with Gasteiger partial charge in [0.1, 0.15) is 5.82 Å². The summed E-state index contributed by atoms with van der Waals surface area (Å²) in [4.78, 5) is 27.4. The number of carbonyl (C=O) groups excluding carboxylic acids is 1. The van der Waals surface area contributed by atoms with Crippen LogP contribution in [0.4, 0.5) is 0 Å². The Kier molecular flexibility index (Phi) is 5.60. The van der Waals surface area contributed by atoms with Crippen LogP contribution in [0.25, 0.3) is 0 Å². The number of amides is 1. The molecule has 0 saturated carbocycles. The maximum Gasteiger partial charge on any atom is 0.346 e. The molecule has 1 fully saturated rings. The lowest BCUT2D eigenvalue weighted by molar-refractivity contribution is 0.0710. The van der Waals surface area contributed by atoms with Gasteiger partial charge in [0.25, 0.3) is 5.91 Å². The van der Waals surface area contributed by atoms with Gasteiger partial charge in [-0.15, -0.1) is 0 Å². The van der Waals surface area contributed by atoms with E-state index in [9.17, 15) is 9.59 Å². The maximum atomic E-state index is 12.8. The Balaban J connectivity index is 1.49. The molecule has 1 amide bonds. The van der Waals surface area contributed by atoms with Crippen molar-refractivity contribution in [2.45, 2.75) is 38.8 Å². The van der Waals surface area contributed by atoms with E-state index in [0.717, 1.165) is 29.8 Å². The minimum Gasteiger partial charge on any atom is -0.339 e. The highest BCUT2D eigenvalue weighted by molar-refractivity contribution is 5.94. The van der Waals surface area contributed by atoms with Gasteiger partial charge in [-0.2, -0.15) is 5.10 Å². The summed E-state index contributed by atoms with van der Waals surface area (Å²) >= 11 is 0. The number of likely N-dealkylation sites (tertiary alicyclic amines) is 1. The Morgan fingerprint density at radius 2 is 1.62 bits per heavy atom. The van der Waals surface area contributed by atoms with Crippen molar-refractivity contribution >= 4 is 5.91 Å². The van der Waals surface area contributed by atoms with Gasteiger partial charge >= 0.3 is 5.69 Å². The fraction of sp³-hybridized carbons (Fsp3) is 0.348. The minimum absolute atomic E-state index is 0.0610. The Labute approximate surface area is 170 Å². The van der Waals surface area contributed by atoms with Gasteiger partial charge in [-0.1, -0.05) is 48.5 Å². The van der Waals surface area contributed by atoms with E-state index in [0.29, 0.717) is 26.2 Å². The second-order valence-corrected chi connectivity index (χ2v) is 7.46. The SMILES string of the molecule is CCn1c(C2CCN(C(=O)c3ccccc3)CC2)nn(Cc2ccccc2)c1=O. The predicted molar refractivity (Wildman–Crippen MR) is 112 cm³/mol. The van der Waals surface area contributed by atoms with E-state index in [1.807, 2.05) is 72.5 Å². The number of hydrogen-bond acceptors (Lipinski definition) is 3. The highest BCUT2D eigenvalue weighted by Gasteiger charge is 2.28. The molecule has 1 aliphatic heterocycles. The molecule has 6 nitrogen and oxygen atoms in total. The maximum absolute atomic E-state index is 12.8. The highest BCUT2D eigenvalue weighted by atomic mass is 16.2. The van der Waals surface area contributed by atoms with Crippen LogP contribution >= 0.6 is 0 Å². The highest BCUT2D eigenvalue weighted by Crippen LogP contribution is 2.27. The predicted octanol–water partition coefficient (Wildman–Crippen LogP) is 3.13. The average molecular weight is 390 g/mol. The van der Waals surface area contributed by atoms with Crippen molar-refractivity contribution in [3.63, 3.8) is 0 Å². The Bertz CT molecular complexity index is 1020. The van der Waals surface area contributed by atoms with Crippen LogP contribution in [0.15, 0.2) is 65.5 Å². The lowest BCUT2D eigenvalue weighted by Crippen LogP contribution is -2.38. The molecule has 0 bridgehead atoms. The molecule has 1 aliphatic rings. The second-order valence-electron chi connectivity index (χ2n) is 7.46. The fourth-order valence-electron chi connectivity index (χ4n) is 4.02. The largest absolute Gasteiger partial charge is 0.346 e. The summed E-state index contributed by atoms with van der Waals surface area (Å²) in [6.07, 6.45) is 1.64. The molecule has 0 unspecified atom stereocenters. The Hall–Kier alpha value is -3.15. The fourth-order valence-corrected chi connectivity index (χ4v) is 4.02. The van der Waals surface area contributed by atoms with Crippen LogP contribution in [0.2, 0.25) is 0 Å². The van der Waals surface area contributed by atoms with Gasteiger partial charge in [-0.05, 0) is 37.5 Å². The van der Waals surface area contributed by atoms with Crippen LogP contribution in [-0.4, -0.2) is 38.2 Å². The van der Waals surface area contributed by atoms with Crippen LogP contribution in [0.5, 0.6) is 0 Å². The van der Waals surface area contributed by atoms with Gasteiger partial charge < -0.3 is 4.90 Å². The normalized spacial score (nSPS) is 14.9. The van der Waals surface area contributed by atoms with Gasteiger partial charge in [-0.3, -0.25) is 9.36 Å². The number of hydrogen-bond donors (Lipinski definition) is 0. The summed E-state index contributed by atoms with van der Waals surface area (Å²) < 4.78 is 3.35. The third-order valence-electron chi connectivity index (χ3n) is 5.61. The smallest absolute Gasteiger partial charge is 0.339 e. The van der Waals surface area contributed by atoms with Crippen LogP contribution in [-0.2, 0) is 13.1 Å². The van der Waals surface area contributed by atoms with Crippen molar-refractivity contribution in [2.24, 2.45) is 0 Å². The molecule has 0 N–H and O–H groups in total. The lowest BCUT2D eigenvalue weighted by atomic mass is 9.95. The number of carbonyl (C=O) groups is 1. The first-order chi connectivity index (χ1) is 14.2. The molecule has 1 saturated heterocycles. The molecule has 150 valence electrons. The molecular formula is C23H26N4O2. The zero-order valence-corrected chi connectivity index (χ0v) is 16.7. The Morgan fingerprint density at radius 1 is 1.00 bits per heavy atom. The number of aromatic nitrogens is 3. The Morgan fingerprint density at radius 3 is 2.24 bits per heavy atom. The van der Waals surface area contributed by atoms with Gasteiger partial charge in [0.05, 0.1) is 6.54 Å². The first kappa shape index (κ1) is 19.2. The standard InChI is InChI=1S/C23H26N4O2/c1-2-26-21(24-27(23(26)29)17-18-9-5-3-6-10-18)19-13-15-25(16-14-19)22(28)20-11-7-4-8-12-20/h3-12,19H,2,13-17H2,1H3. The third-order valence-corrected chi connectivity index (χ3v) is 5.61. The minimum atomic E-state index is -0.0610. The van der Waals surface area contributed by atoms with Gasteiger partial charge in [0, 0.05) is 31.1 Å². The van der Waals surface area contributed by atoms with E-state index in [1.54, 1.807) is 9.25 Å². The molecule has 0 spiro atoms. The van der Waals surface area contributed by atoms with Crippen LogP contribution in [0.1, 0.15) is 47.4 Å². The first-order valence-corrected chi connectivity index (χ1v) is 10.2. The molecular weight excluding hydrogens is 364 g/mol. The van der Waals surface area contributed by atoms with Crippen molar-refractivity contribution in [2.75, 3.05) is 13.1 Å². The quantitative estimate of drug-likeness (QED) is 0.672. The van der Waals surface area contributed by atoms with Crippen molar-refractivity contribution in [1.29, 1.82) is 0 Å². The number of benzene rings is 2. The molecule has 4 rings (SSSR count). The second kappa shape index (κ2) is 8.47. The van der Waals surface area contributed by atoms with E-state index in [2.05, 4.69) is 0 Å². The summed E-state index contributed by atoms with van der Waals surface area (Å²) in [5.74, 6) is 1.12. The van der Waals surface area contributed by atoms with E-state index in [-0.39, 0.29) is 17.5 Å². The number of piperidine rings is 1. The van der Waals surface area contributed by atoms with Crippen molar-refractivity contribution in [1.82, 2.24) is 19.2 Å². The van der Waals surface area contributed by atoms with E-state index in [4.69, 9.17) is 5.10 Å². The molecule has 2 aromatic carbocycles. The summed E-state index contributed by atoms with van der Waals surface area (Å²) in [5.41, 5.74) is 1.72. The van der Waals surface area contributed by atoms with Crippen molar-refractivity contribution < 1.29 is 4.79 Å². The monoisotopic (exact) mass is 390 g/mol. The zero-order chi connectivity index (χ0) is 20.2. The van der Waals surface area contributed by atoms with Crippen LogP contribution in [0, 0.1) is 0 Å². The summed E-state index contributed by atoms with van der Waals surface area (Å²) in [6.45, 7) is 4.42. The molecule has 0 radical (unpaired) electrons. The van der Waals surface area contributed by atoms with Gasteiger partial charge in [0.2, 0.25) is 0 Å². The average Bonchev–Trinajstić information content (AvgIpc) is 3.10. The van der Waals surface area contributed by atoms with E-state index < -0.39 is 0 Å². The molecule has 3 aromatic rings. The summed E-state index contributed by atoms with van der Waals surface area (Å²) in [5, 5.41) is 4.69. The molecule has 0 aliphatic carbocycles. The first-order valence-electron chi connectivity index (χ1n) is 10.2. The zero-order valence-electron chi connectivity index (χ0n) is 16.7. The summed E-state index contributed by atoms with van der Waals surface area (Å²) in [7, 11) is 0. The van der Waals surface area contributed by atoms with Crippen LogP contribution in [0.3, 0.4) is 0 Å². The van der Waals surface area contributed by atoms with E-state index in [1.165, 1.54) is 0 Å². The molecule has 2 heterocycles. The molecule has 29 heavy (non-hydrogen) atoms. The van der Waals surface area contributed by atoms with Crippen molar-refractivity contribution in [3.05, 3.63) is 88.1 Å². The number of nitrogens with zero attached hydrogens (tertiary/aromatic N) is 4. The van der Waals surface area contributed by atoms with Gasteiger partial charge in [0.15, 0.2) is 0 Å². The third kappa shape index (κ3) is 4.01. The lowest BCUT2D eigenvalue weighted by Gasteiger charge is -2.31. The van der Waals surface area contributed by atoms with Crippen molar-refractivity contribution in [3.8, 4) is 0 Å². The topological polar surface area (TPSA) is 60.1 Å².